The summed E-state index contributed by atoms with van der Waals surface area (Å²) < 4.78 is 38.5. The van der Waals surface area contributed by atoms with E-state index < -0.39 is 5.92 Å². The van der Waals surface area contributed by atoms with Crippen LogP contribution in [0.5, 0.6) is 17.5 Å². The van der Waals surface area contributed by atoms with E-state index in [2.05, 4.69) is 20.3 Å². The van der Waals surface area contributed by atoms with Gasteiger partial charge in [-0.25, -0.2) is 15.0 Å². The van der Waals surface area contributed by atoms with Crippen LogP contribution in [0, 0.1) is 0 Å². The molecule has 0 unspecified atom stereocenters. The molecule has 154 valence electrons. The van der Waals surface area contributed by atoms with Crippen LogP contribution in [0.3, 0.4) is 0 Å². The average molecular weight is 443 g/mol. The maximum absolute atomic E-state index is 13.5. The van der Waals surface area contributed by atoms with E-state index in [4.69, 9.17) is 21.1 Å². The van der Waals surface area contributed by atoms with Gasteiger partial charge in [-0.15, -0.1) is 11.3 Å². The first-order chi connectivity index (χ1) is 13.6. The molecule has 0 saturated heterocycles. The van der Waals surface area contributed by atoms with Gasteiger partial charge in [-0.05, 0) is 19.1 Å². The first-order valence-electron chi connectivity index (χ1n) is 8.50. The third-order valence-corrected chi connectivity index (χ3v) is 5.33. The summed E-state index contributed by atoms with van der Waals surface area (Å²) >= 11 is 7.12. The van der Waals surface area contributed by atoms with Crippen LogP contribution < -0.4 is 14.8 Å². The number of amides is 1. The Hall–Kier alpha value is -2.59. The first-order valence-corrected chi connectivity index (χ1v) is 9.70. The number of nitrogens with zero attached hydrogens (tertiary/aromatic N) is 3. The lowest BCUT2D eigenvalue weighted by atomic mass is 10.3. The van der Waals surface area contributed by atoms with Crippen LogP contribution in [0.1, 0.15) is 25.8 Å². The molecule has 7 nitrogen and oxygen atoms in total. The van der Waals surface area contributed by atoms with Crippen LogP contribution in [-0.2, 0) is 10.7 Å². The van der Waals surface area contributed by atoms with Crippen LogP contribution in [0.2, 0.25) is 5.02 Å². The molecule has 1 amide bonds. The van der Waals surface area contributed by atoms with Gasteiger partial charge < -0.3 is 14.8 Å². The van der Waals surface area contributed by atoms with Crippen molar-refractivity contribution in [2.24, 2.45) is 0 Å². The third kappa shape index (κ3) is 5.27. The Balaban J connectivity index is 1.70. The summed E-state index contributed by atoms with van der Waals surface area (Å²) in [7, 11) is 0. The van der Waals surface area contributed by atoms with Gasteiger partial charge in [0.15, 0.2) is 5.01 Å². The van der Waals surface area contributed by atoms with Gasteiger partial charge in [0.25, 0.3) is 5.92 Å². The summed E-state index contributed by atoms with van der Waals surface area (Å²) in [5, 5.41) is 2.54. The number of hydrogen-bond donors (Lipinski definition) is 1. The normalized spacial score (nSPS) is 12.6. The molecule has 0 aliphatic carbocycles. The van der Waals surface area contributed by atoms with Gasteiger partial charge in [-0.1, -0.05) is 11.6 Å². The maximum Gasteiger partial charge on any atom is 0.296 e. The van der Waals surface area contributed by atoms with E-state index in [9.17, 15) is 13.6 Å². The van der Waals surface area contributed by atoms with E-state index in [0.717, 1.165) is 18.3 Å². The molecule has 0 bridgehead atoms. The second kappa shape index (κ2) is 8.42. The van der Waals surface area contributed by atoms with Crippen LogP contribution in [0.4, 0.5) is 8.78 Å². The van der Waals surface area contributed by atoms with Crippen LogP contribution in [0.25, 0.3) is 10.2 Å². The minimum atomic E-state index is -3.05. The van der Waals surface area contributed by atoms with Crippen LogP contribution in [-0.4, -0.2) is 33.5 Å². The predicted octanol–water partition coefficient (Wildman–Crippen LogP) is 4.55. The van der Waals surface area contributed by atoms with Crippen LogP contribution in [0.15, 0.2) is 24.5 Å². The molecule has 0 aliphatic heterocycles. The Bertz CT molecular complexity index is 1020. The number of rotatable bonds is 7. The molecule has 2 aromatic heterocycles. The van der Waals surface area contributed by atoms with Crippen molar-refractivity contribution in [1.29, 1.82) is 0 Å². The molecule has 3 aromatic rings. The van der Waals surface area contributed by atoms with Crippen molar-refractivity contribution < 1.29 is 23.0 Å². The Morgan fingerprint density at radius 1 is 1.31 bits per heavy atom. The van der Waals surface area contributed by atoms with Crippen molar-refractivity contribution in [2.45, 2.75) is 32.7 Å². The summed E-state index contributed by atoms with van der Waals surface area (Å²) in [6.45, 7) is 4.23. The van der Waals surface area contributed by atoms with E-state index in [0.29, 0.717) is 10.2 Å². The second-order valence-electron chi connectivity index (χ2n) is 6.34. The highest BCUT2D eigenvalue weighted by Crippen LogP contribution is 2.41. The molecule has 0 saturated carbocycles. The Morgan fingerprint density at radius 3 is 2.62 bits per heavy atom. The molecule has 2 heterocycles. The average Bonchev–Trinajstić information content (AvgIpc) is 3.08. The molecule has 1 atom stereocenters. The summed E-state index contributed by atoms with van der Waals surface area (Å²) in [5.74, 6) is -2.55. The third-order valence-electron chi connectivity index (χ3n) is 3.59. The number of carbonyl (C=O) groups excluding carboxylic acids is 1. The number of thiazole rings is 1. The van der Waals surface area contributed by atoms with Gasteiger partial charge in [0.05, 0.1) is 28.7 Å². The van der Waals surface area contributed by atoms with E-state index >= 15 is 0 Å². The predicted molar refractivity (Wildman–Crippen MR) is 105 cm³/mol. The summed E-state index contributed by atoms with van der Waals surface area (Å²) in [6, 6.07) is 2.90. The minimum absolute atomic E-state index is 0.152. The number of hydrogen-bond acceptors (Lipinski definition) is 7. The van der Waals surface area contributed by atoms with Gasteiger partial charge >= 0.3 is 0 Å². The monoisotopic (exact) mass is 442 g/mol. The topological polar surface area (TPSA) is 86.2 Å². The van der Waals surface area contributed by atoms with Crippen molar-refractivity contribution in [2.75, 3.05) is 6.61 Å². The first kappa shape index (κ1) is 21.1. The molecule has 3 rings (SSSR count). The highest BCUT2D eigenvalue weighted by atomic mass is 35.5. The molecule has 1 aromatic carbocycles. The second-order valence-corrected chi connectivity index (χ2v) is 7.72. The SMILES string of the molecule is CC(=O)N[C@@H](C)COc1cnc(Oc2ccc3nc(C(C)(F)F)sc3c2Cl)cn1. The summed E-state index contributed by atoms with van der Waals surface area (Å²) in [5.41, 5.74) is 0.368. The molecule has 0 fully saturated rings. The molecule has 11 heteroatoms. The lowest BCUT2D eigenvalue weighted by Crippen LogP contribution is -2.35. The molecule has 0 aliphatic rings. The van der Waals surface area contributed by atoms with E-state index in [1.807, 2.05) is 0 Å². The van der Waals surface area contributed by atoms with Crippen LogP contribution >= 0.6 is 22.9 Å². The van der Waals surface area contributed by atoms with E-state index in [1.165, 1.54) is 25.4 Å². The van der Waals surface area contributed by atoms with E-state index in [-0.39, 0.29) is 46.1 Å². The number of nitrogens with one attached hydrogen (secondary N) is 1. The lowest BCUT2D eigenvalue weighted by Gasteiger charge is -2.13. The molecule has 29 heavy (non-hydrogen) atoms. The maximum atomic E-state index is 13.5. The minimum Gasteiger partial charge on any atom is -0.474 e. The van der Waals surface area contributed by atoms with Crippen molar-refractivity contribution in [1.82, 2.24) is 20.3 Å². The zero-order chi connectivity index (χ0) is 21.2. The van der Waals surface area contributed by atoms with Gasteiger partial charge in [-0.2, -0.15) is 8.78 Å². The number of aromatic nitrogens is 3. The summed E-state index contributed by atoms with van der Waals surface area (Å²) in [4.78, 5) is 23.1. The smallest absolute Gasteiger partial charge is 0.296 e. The standard InChI is InChI=1S/C18H17ClF2N4O3S/c1-9(24-10(2)26)8-27-13-6-23-14(7-22-13)28-12-5-4-11-16(15(12)19)29-17(25-11)18(3,20)21/h4-7,9H,8H2,1-3H3,(H,24,26)/t9-/m0/s1. The van der Waals surface area contributed by atoms with Crippen molar-refractivity contribution in [3.63, 3.8) is 0 Å². The quantitative estimate of drug-likeness (QED) is 0.577. The van der Waals surface area contributed by atoms with E-state index in [1.54, 1.807) is 13.0 Å². The molecule has 0 radical (unpaired) electrons. The fraction of sp³-hybridized carbons (Fsp3) is 0.333. The number of fused-ring (bicyclic) bond motifs is 1. The summed E-state index contributed by atoms with van der Waals surface area (Å²) in [6.07, 6.45) is 2.71. The zero-order valence-electron chi connectivity index (χ0n) is 15.7. The molecular formula is C18H17ClF2N4O3S. The number of alkyl halides is 2. The number of ether oxygens (including phenoxy) is 2. The lowest BCUT2D eigenvalue weighted by molar-refractivity contribution is -0.119. The number of benzene rings is 1. The fourth-order valence-electron chi connectivity index (χ4n) is 2.35. The van der Waals surface area contributed by atoms with Crippen molar-refractivity contribution in [3.8, 4) is 17.5 Å². The Kier molecular flexibility index (Phi) is 6.13. The molecule has 1 N–H and O–H groups in total. The molecular weight excluding hydrogens is 426 g/mol. The van der Waals surface area contributed by atoms with Crippen molar-refractivity contribution in [3.05, 3.63) is 34.6 Å². The molecule has 0 spiro atoms. The highest BCUT2D eigenvalue weighted by Gasteiger charge is 2.29. The Morgan fingerprint density at radius 2 is 2.00 bits per heavy atom. The highest BCUT2D eigenvalue weighted by molar-refractivity contribution is 7.19. The van der Waals surface area contributed by atoms with Crippen molar-refractivity contribution >= 4 is 39.1 Å². The number of carbonyl (C=O) groups is 1. The largest absolute Gasteiger partial charge is 0.474 e. The van der Waals surface area contributed by atoms with Gasteiger partial charge in [0.1, 0.15) is 17.4 Å². The Labute approximate surface area is 174 Å². The van der Waals surface area contributed by atoms with Gasteiger partial charge in [0, 0.05) is 13.8 Å². The number of halogens is 3. The van der Waals surface area contributed by atoms with Gasteiger partial charge in [0.2, 0.25) is 17.7 Å². The van der Waals surface area contributed by atoms with Gasteiger partial charge in [-0.3, -0.25) is 4.79 Å². The zero-order valence-corrected chi connectivity index (χ0v) is 17.3. The fourth-order valence-corrected chi connectivity index (χ4v) is 3.59.